The summed E-state index contributed by atoms with van der Waals surface area (Å²) in [6.45, 7) is 2.58. The second-order valence-electron chi connectivity index (χ2n) is 5.35. The molecule has 138 valence electrons. The molecule has 0 aliphatic heterocycles. The van der Waals surface area contributed by atoms with Gasteiger partial charge >= 0.3 is 0 Å². The third-order valence-electron chi connectivity index (χ3n) is 3.46. The Morgan fingerprint density at radius 2 is 1.58 bits per heavy atom. The maximum Gasteiger partial charge on any atom is 0.257 e. The molecular formula is C17H16F2N2O4S. The number of hydrogen-bond acceptors (Lipinski definition) is 4. The van der Waals surface area contributed by atoms with Gasteiger partial charge in [0.1, 0.15) is 11.6 Å². The Kier molecular flexibility index (Phi) is 5.71. The molecule has 26 heavy (non-hydrogen) atoms. The van der Waals surface area contributed by atoms with Gasteiger partial charge < -0.3 is 10.6 Å². The lowest BCUT2D eigenvalue weighted by atomic mass is 10.2. The zero-order valence-corrected chi connectivity index (χ0v) is 14.8. The quantitative estimate of drug-likeness (QED) is 0.832. The summed E-state index contributed by atoms with van der Waals surface area (Å²) in [5.74, 6) is -3.75. The third-order valence-corrected chi connectivity index (χ3v) is 5.25. The fourth-order valence-corrected chi connectivity index (χ4v) is 3.29. The van der Waals surface area contributed by atoms with Crippen molar-refractivity contribution in [1.82, 2.24) is 0 Å². The highest BCUT2D eigenvalue weighted by molar-refractivity contribution is 7.91. The first-order chi connectivity index (χ1) is 12.2. The van der Waals surface area contributed by atoms with Crippen molar-refractivity contribution in [2.75, 3.05) is 16.4 Å². The van der Waals surface area contributed by atoms with Gasteiger partial charge in [0.2, 0.25) is 5.91 Å². The fourth-order valence-electron chi connectivity index (χ4n) is 2.20. The number of sulfone groups is 1. The van der Waals surface area contributed by atoms with E-state index in [9.17, 15) is 26.8 Å². The molecular weight excluding hydrogens is 366 g/mol. The van der Waals surface area contributed by atoms with E-state index in [2.05, 4.69) is 10.6 Å². The van der Waals surface area contributed by atoms with E-state index in [-0.39, 0.29) is 21.9 Å². The average Bonchev–Trinajstić information content (AvgIpc) is 2.58. The maximum absolute atomic E-state index is 14.0. The minimum absolute atomic E-state index is 0.167. The van der Waals surface area contributed by atoms with Crippen LogP contribution in [0, 0.1) is 11.6 Å². The number of rotatable bonds is 5. The number of carbonyl (C=O) groups excluding carboxylic acids is 2. The van der Waals surface area contributed by atoms with Crippen molar-refractivity contribution < 1.29 is 26.8 Å². The van der Waals surface area contributed by atoms with E-state index in [1.54, 1.807) is 0 Å². The van der Waals surface area contributed by atoms with Crippen LogP contribution in [0.3, 0.4) is 0 Å². The molecule has 0 spiro atoms. The number of nitrogens with one attached hydrogen (secondary N) is 2. The van der Waals surface area contributed by atoms with Crippen LogP contribution in [0.1, 0.15) is 24.2 Å². The van der Waals surface area contributed by atoms with Gasteiger partial charge in [0.05, 0.1) is 27.6 Å². The molecule has 2 rings (SSSR count). The molecule has 0 bridgehead atoms. The van der Waals surface area contributed by atoms with E-state index in [0.29, 0.717) is 6.07 Å². The van der Waals surface area contributed by atoms with E-state index >= 15 is 0 Å². The topological polar surface area (TPSA) is 92.3 Å². The van der Waals surface area contributed by atoms with Gasteiger partial charge in [-0.3, -0.25) is 9.59 Å². The second-order valence-corrected chi connectivity index (χ2v) is 7.59. The first-order valence-electron chi connectivity index (χ1n) is 7.55. The molecule has 9 heteroatoms. The number of amides is 2. The van der Waals surface area contributed by atoms with Crippen molar-refractivity contribution in [1.29, 1.82) is 0 Å². The molecule has 2 aromatic carbocycles. The molecule has 0 unspecified atom stereocenters. The highest BCUT2D eigenvalue weighted by atomic mass is 32.2. The van der Waals surface area contributed by atoms with Crippen LogP contribution < -0.4 is 10.6 Å². The van der Waals surface area contributed by atoms with Gasteiger partial charge in [-0.2, -0.15) is 0 Å². The first kappa shape index (κ1) is 19.5. The van der Waals surface area contributed by atoms with Crippen LogP contribution >= 0.6 is 0 Å². The van der Waals surface area contributed by atoms with Crippen LogP contribution in [0.2, 0.25) is 0 Å². The molecule has 0 fully saturated rings. The molecule has 0 aromatic heterocycles. The monoisotopic (exact) mass is 382 g/mol. The summed E-state index contributed by atoms with van der Waals surface area (Å²) >= 11 is 0. The highest BCUT2D eigenvalue weighted by Gasteiger charge is 2.22. The lowest BCUT2D eigenvalue weighted by molar-refractivity contribution is -0.114. The summed E-state index contributed by atoms with van der Waals surface area (Å²) in [6.07, 6.45) is 0. The van der Waals surface area contributed by atoms with Crippen LogP contribution in [-0.2, 0) is 14.6 Å². The summed E-state index contributed by atoms with van der Waals surface area (Å²) in [4.78, 5) is 23.3. The van der Waals surface area contributed by atoms with E-state index < -0.39 is 39.0 Å². The van der Waals surface area contributed by atoms with Gasteiger partial charge in [-0.15, -0.1) is 0 Å². The lowest BCUT2D eigenvalue weighted by Gasteiger charge is -2.12. The van der Waals surface area contributed by atoms with E-state index in [0.717, 1.165) is 13.0 Å². The molecule has 0 aliphatic rings. The molecule has 2 N–H and O–H groups in total. The molecule has 6 nitrogen and oxygen atoms in total. The first-order valence-corrected chi connectivity index (χ1v) is 9.20. The maximum atomic E-state index is 14.0. The Morgan fingerprint density at radius 3 is 2.15 bits per heavy atom. The minimum Gasteiger partial charge on any atom is -0.324 e. The number of benzene rings is 2. The predicted molar refractivity (Wildman–Crippen MR) is 92.8 cm³/mol. The predicted octanol–water partition coefficient (Wildman–Crippen LogP) is 2.97. The van der Waals surface area contributed by atoms with E-state index in [1.807, 2.05) is 0 Å². The lowest BCUT2D eigenvalue weighted by Crippen LogP contribution is -2.18. The highest BCUT2D eigenvalue weighted by Crippen LogP contribution is 2.25. The van der Waals surface area contributed by atoms with Crippen molar-refractivity contribution in [3.8, 4) is 0 Å². The summed E-state index contributed by atoms with van der Waals surface area (Å²) in [7, 11) is -3.68. The van der Waals surface area contributed by atoms with Crippen LogP contribution in [0.15, 0.2) is 41.3 Å². The molecule has 0 saturated heterocycles. The zero-order valence-electron chi connectivity index (χ0n) is 14.0. The van der Waals surface area contributed by atoms with Crippen LogP contribution in [0.25, 0.3) is 0 Å². The Bertz CT molecular complexity index is 975. The van der Waals surface area contributed by atoms with Crippen LogP contribution in [0.5, 0.6) is 0 Å². The van der Waals surface area contributed by atoms with Gasteiger partial charge in [0.15, 0.2) is 9.84 Å². The normalized spacial score (nSPS) is 11.1. The van der Waals surface area contributed by atoms with Crippen molar-refractivity contribution in [3.05, 3.63) is 53.6 Å². The Balaban J connectivity index is 2.42. The SMILES string of the molecule is CCS(=O)(=O)c1ccccc1C(=O)Nc1cc(NC(C)=O)c(F)cc1F. The number of halogens is 2. The largest absolute Gasteiger partial charge is 0.324 e. The van der Waals surface area contributed by atoms with E-state index in [1.165, 1.54) is 31.2 Å². The van der Waals surface area contributed by atoms with Gasteiger partial charge in [-0.25, -0.2) is 17.2 Å². The van der Waals surface area contributed by atoms with Crippen LogP contribution in [-0.4, -0.2) is 26.0 Å². The van der Waals surface area contributed by atoms with Gasteiger partial charge in [-0.1, -0.05) is 19.1 Å². The van der Waals surface area contributed by atoms with Crippen molar-refractivity contribution in [3.63, 3.8) is 0 Å². The van der Waals surface area contributed by atoms with Gasteiger partial charge in [-0.05, 0) is 18.2 Å². The number of carbonyl (C=O) groups is 2. The summed E-state index contributed by atoms with van der Waals surface area (Å²) < 4.78 is 51.9. The summed E-state index contributed by atoms with van der Waals surface area (Å²) in [5.41, 5.74) is -0.883. The molecule has 0 saturated carbocycles. The number of anilines is 2. The second kappa shape index (κ2) is 7.61. The zero-order chi connectivity index (χ0) is 19.5. The molecule has 0 aliphatic carbocycles. The number of hydrogen-bond donors (Lipinski definition) is 2. The molecule has 2 amide bonds. The Morgan fingerprint density at radius 1 is 1.00 bits per heavy atom. The molecule has 0 heterocycles. The standard InChI is InChI=1S/C17H16F2N2O4S/c1-3-26(24,25)16-7-5-4-6-11(16)17(23)21-15-9-14(20-10(2)22)12(18)8-13(15)19/h4-9H,3H2,1-2H3,(H,20,22)(H,21,23). The smallest absolute Gasteiger partial charge is 0.257 e. The van der Waals surface area contributed by atoms with Crippen molar-refractivity contribution in [2.24, 2.45) is 0 Å². The van der Waals surface area contributed by atoms with Crippen molar-refractivity contribution >= 4 is 33.0 Å². The molecule has 0 atom stereocenters. The third kappa shape index (κ3) is 4.23. The van der Waals surface area contributed by atoms with Crippen molar-refractivity contribution in [2.45, 2.75) is 18.7 Å². The van der Waals surface area contributed by atoms with Crippen LogP contribution in [0.4, 0.5) is 20.2 Å². The fraction of sp³-hybridized carbons (Fsp3) is 0.176. The Hall–Kier alpha value is -2.81. The van der Waals surface area contributed by atoms with Gasteiger partial charge in [0, 0.05) is 13.0 Å². The van der Waals surface area contributed by atoms with E-state index in [4.69, 9.17) is 0 Å². The Labute approximate surface area is 149 Å². The minimum atomic E-state index is -3.68. The molecule has 2 aromatic rings. The molecule has 0 radical (unpaired) electrons. The summed E-state index contributed by atoms with van der Waals surface area (Å²) in [5, 5.41) is 4.38. The average molecular weight is 382 g/mol. The van der Waals surface area contributed by atoms with Gasteiger partial charge in [0.25, 0.3) is 5.91 Å². The summed E-state index contributed by atoms with van der Waals surface area (Å²) in [6, 6.07) is 6.92.